The zero-order chi connectivity index (χ0) is 14.7. The van der Waals surface area contributed by atoms with Crippen LogP contribution < -0.4 is 0 Å². The van der Waals surface area contributed by atoms with E-state index in [1.165, 1.54) is 4.90 Å². The Balaban J connectivity index is 2.10. The summed E-state index contributed by atoms with van der Waals surface area (Å²) in [6.45, 7) is 0.378. The quantitative estimate of drug-likeness (QED) is 0.908. The van der Waals surface area contributed by atoms with Crippen molar-refractivity contribution >= 4 is 38.8 Å². The second kappa shape index (κ2) is 6.09. The van der Waals surface area contributed by atoms with Crippen molar-refractivity contribution in [3.63, 3.8) is 0 Å². The van der Waals surface area contributed by atoms with Crippen LogP contribution in [0.25, 0.3) is 11.0 Å². The van der Waals surface area contributed by atoms with Crippen molar-refractivity contribution in [2.24, 2.45) is 0 Å². The van der Waals surface area contributed by atoms with Crippen LogP contribution in [-0.4, -0.2) is 35.5 Å². The highest BCUT2D eigenvalue weighted by molar-refractivity contribution is 9.10. The van der Waals surface area contributed by atoms with Crippen LogP contribution in [0.1, 0.15) is 23.4 Å². The Morgan fingerprint density at radius 1 is 1.40 bits per heavy atom. The molecule has 2 aromatic rings. The number of hydrogen-bond acceptors (Lipinski definition) is 3. The van der Waals surface area contributed by atoms with Crippen molar-refractivity contribution in [2.45, 2.75) is 12.8 Å². The Labute approximate surface area is 124 Å². The smallest absolute Gasteiger partial charge is 0.303 e. The number of fused-ring (bicyclic) bond motifs is 1. The van der Waals surface area contributed by atoms with Gasteiger partial charge in [-0.15, -0.1) is 0 Å². The number of amides is 1. The molecule has 0 aliphatic rings. The fourth-order valence-electron chi connectivity index (χ4n) is 1.89. The second-order valence-electron chi connectivity index (χ2n) is 4.49. The number of nitrogens with zero attached hydrogens (tertiary/aromatic N) is 1. The van der Waals surface area contributed by atoms with Gasteiger partial charge in [-0.05, 0) is 34.5 Å². The lowest BCUT2D eigenvalue weighted by molar-refractivity contribution is -0.137. The summed E-state index contributed by atoms with van der Waals surface area (Å²) in [5.41, 5.74) is 0.634. The topological polar surface area (TPSA) is 70.8 Å². The molecular formula is C14H14BrNO4. The third-order valence-electron chi connectivity index (χ3n) is 2.94. The lowest BCUT2D eigenvalue weighted by Gasteiger charge is -2.14. The van der Waals surface area contributed by atoms with Gasteiger partial charge in [0.25, 0.3) is 5.91 Å². The van der Waals surface area contributed by atoms with Crippen molar-refractivity contribution < 1.29 is 19.1 Å². The molecule has 1 aromatic heterocycles. The van der Waals surface area contributed by atoms with E-state index in [9.17, 15) is 9.59 Å². The Hall–Kier alpha value is -1.82. The molecule has 0 unspecified atom stereocenters. The van der Waals surface area contributed by atoms with Gasteiger partial charge in [-0.2, -0.15) is 0 Å². The van der Waals surface area contributed by atoms with Crippen LogP contribution in [0.5, 0.6) is 0 Å². The fourth-order valence-corrected chi connectivity index (χ4v) is 2.35. The first-order valence-corrected chi connectivity index (χ1v) is 6.93. The van der Waals surface area contributed by atoms with Gasteiger partial charge < -0.3 is 14.4 Å². The number of carbonyl (C=O) groups excluding carboxylic acids is 1. The Morgan fingerprint density at radius 2 is 2.15 bits per heavy atom. The first-order chi connectivity index (χ1) is 9.49. The highest BCUT2D eigenvalue weighted by Gasteiger charge is 2.17. The number of carboxylic acid groups (broad SMARTS) is 1. The Morgan fingerprint density at radius 3 is 2.80 bits per heavy atom. The molecule has 0 radical (unpaired) electrons. The van der Waals surface area contributed by atoms with Gasteiger partial charge in [0.05, 0.1) is 4.47 Å². The molecule has 5 nitrogen and oxygen atoms in total. The van der Waals surface area contributed by atoms with E-state index >= 15 is 0 Å². The third-order valence-corrected chi connectivity index (χ3v) is 3.56. The van der Waals surface area contributed by atoms with Crippen LogP contribution in [-0.2, 0) is 4.79 Å². The largest absolute Gasteiger partial charge is 0.481 e. The van der Waals surface area contributed by atoms with E-state index in [2.05, 4.69) is 15.9 Å². The highest BCUT2D eigenvalue weighted by atomic mass is 79.9. The molecule has 0 atom stereocenters. The molecule has 0 spiro atoms. The van der Waals surface area contributed by atoms with Crippen LogP contribution >= 0.6 is 15.9 Å². The molecule has 1 heterocycles. The highest BCUT2D eigenvalue weighted by Crippen LogP contribution is 2.27. The molecule has 0 fully saturated rings. The van der Waals surface area contributed by atoms with Gasteiger partial charge in [0, 0.05) is 25.4 Å². The average Bonchev–Trinajstić information content (AvgIpc) is 2.82. The maximum absolute atomic E-state index is 12.2. The molecule has 1 amide bonds. The van der Waals surface area contributed by atoms with E-state index in [0.717, 1.165) is 9.86 Å². The summed E-state index contributed by atoms with van der Waals surface area (Å²) in [6.07, 6.45) is 0.463. The summed E-state index contributed by atoms with van der Waals surface area (Å²) in [7, 11) is 1.63. The molecule has 0 saturated heterocycles. The Kier molecular flexibility index (Phi) is 4.44. The second-order valence-corrected chi connectivity index (χ2v) is 5.35. The first-order valence-electron chi connectivity index (χ1n) is 6.14. The molecule has 1 N–H and O–H groups in total. The lowest BCUT2D eigenvalue weighted by atomic mass is 10.2. The van der Waals surface area contributed by atoms with Crippen LogP contribution in [0.3, 0.4) is 0 Å². The lowest BCUT2D eigenvalue weighted by Crippen LogP contribution is -2.27. The minimum Gasteiger partial charge on any atom is -0.481 e. The number of benzene rings is 1. The number of carbonyl (C=O) groups is 2. The zero-order valence-corrected chi connectivity index (χ0v) is 12.5. The molecule has 0 bridgehead atoms. The van der Waals surface area contributed by atoms with Gasteiger partial charge in [-0.25, -0.2) is 0 Å². The molecule has 0 saturated carbocycles. The number of para-hydroxylation sites is 1. The predicted octanol–water partition coefficient (Wildman–Crippen LogP) is 3.13. The summed E-state index contributed by atoms with van der Waals surface area (Å²) in [5.74, 6) is -0.860. The molecule has 2 rings (SSSR count). The maximum atomic E-state index is 12.2. The van der Waals surface area contributed by atoms with Crippen LogP contribution in [0, 0.1) is 0 Å². The molecule has 0 aliphatic heterocycles. The van der Waals surface area contributed by atoms with Crippen LogP contribution in [0.15, 0.2) is 33.2 Å². The van der Waals surface area contributed by atoms with Crippen molar-refractivity contribution in [1.82, 2.24) is 4.90 Å². The monoisotopic (exact) mass is 339 g/mol. The average molecular weight is 340 g/mol. The molecular weight excluding hydrogens is 326 g/mol. The summed E-state index contributed by atoms with van der Waals surface area (Å²) in [5, 5.41) is 9.43. The van der Waals surface area contributed by atoms with Gasteiger partial charge >= 0.3 is 5.97 Å². The van der Waals surface area contributed by atoms with E-state index in [-0.39, 0.29) is 18.1 Å². The normalized spacial score (nSPS) is 10.7. The standard InChI is InChI=1S/C14H14BrNO4/c1-16(7-3-6-12(17)18)14(19)11-8-9-4-2-5-10(15)13(9)20-11/h2,4-5,8H,3,6-7H2,1H3,(H,17,18). The van der Waals surface area contributed by atoms with E-state index < -0.39 is 5.97 Å². The number of hydrogen-bond donors (Lipinski definition) is 1. The summed E-state index contributed by atoms with van der Waals surface area (Å²) < 4.78 is 6.35. The minimum atomic E-state index is -0.862. The van der Waals surface area contributed by atoms with Gasteiger partial charge in [-0.1, -0.05) is 12.1 Å². The van der Waals surface area contributed by atoms with Crippen LogP contribution in [0.4, 0.5) is 0 Å². The molecule has 1 aromatic carbocycles. The van der Waals surface area contributed by atoms with E-state index in [1.54, 1.807) is 13.1 Å². The number of carboxylic acids is 1. The third kappa shape index (κ3) is 3.19. The molecule has 20 heavy (non-hydrogen) atoms. The number of aliphatic carboxylic acids is 1. The van der Waals surface area contributed by atoms with Crippen molar-refractivity contribution in [3.8, 4) is 0 Å². The van der Waals surface area contributed by atoms with Gasteiger partial charge in [0.2, 0.25) is 0 Å². The number of halogens is 1. The minimum absolute atomic E-state index is 0.0449. The molecule has 106 valence electrons. The first kappa shape index (κ1) is 14.6. The van der Waals surface area contributed by atoms with E-state index in [4.69, 9.17) is 9.52 Å². The molecule has 0 aliphatic carbocycles. The van der Waals surface area contributed by atoms with Gasteiger partial charge in [0.15, 0.2) is 5.76 Å². The van der Waals surface area contributed by atoms with Gasteiger partial charge in [0.1, 0.15) is 5.58 Å². The summed E-state index contributed by atoms with van der Waals surface area (Å²) in [6, 6.07) is 7.27. The number of rotatable bonds is 5. The van der Waals surface area contributed by atoms with Crippen LogP contribution in [0.2, 0.25) is 0 Å². The van der Waals surface area contributed by atoms with Crippen molar-refractivity contribution in [2.75, 3.05) is 13.6 Å². The Bertz CT molecular complexity index is 650. The summed E-state index contributed by atoms with van der Waals surface area (Å²) >= 11 is 3.37. The van der Waals surface area contributed by atoms with Crippen molar-refractivity contribution in [1.29, 1.82) is 0 Å². The predicted molar refractivity (Wildman–Crippen MR) is 77.7 cm³/mol. The van der Waals surface area contributed by atoms with E-state index in [1.807, 2.05) is 18.2 Å². The maximum Gasteiger partial charge on any atom is 0.303 e. The number of furan rings is 1. The fraction of sp³-hybridized carbons (Fsp3) is 0.286. The molecule has 6 heteroatoms. The van der Waals surface area contributed by atoms with Gasteiger partial charge in [-0.3, -0.25) is 9.59 Å². The zero-order valence-electron chi connectivity index (χ0n) is 10.9. The van der Waals surface area contributed by atoms with E-state index in [0.29, 0.717) is 18.5 Å². The summed E-state index contributed by atoms with van der Waals surface area (Å²) in [4.78, 5) is 24.1. The van der Waals surface area contributed by atoms with Crippen molar-refractivity contribution in [3.05, 3.63) is 34.5 Å². The SMILES string of the molecule is CN(CCCC(=O)O)C(=O)c1cc2cccc(Br)c2o1.